The van der Waals surface area contributed by atoms with Crippen LogP contribution in [0.4, 0.5) is 11.4 Å². The number of rotatable bonds is 6. The average Bonchev–Trinajstić information content (AvgIpc) is 2.35. The molecule has 21 heavy (non-hydrogen) atoms. The number of hydrogen-bond acceptors (Lipinski definition) is 5. The Hall–Kier alpha value is -1.31. The van der Waals surface area contributed by atoms with Crippen LogP contribution in [-0.2, 0) is 10.0 Å². The van der Waals surface area contributed by atoms with Crippen LogP contribution < -0.4 is 15.8 Å². The van der Waals surface area contributed by atoms with Crippen LogP contribution in [0.5, 0.6) is 0 Å². The predicted molar refractivity (Wildman–Crippen MR) is 85.7 cm³/mol. The summed E-state index contributed by atoms with van der Waals surface area (Å²) in [5, 5.41) is 13.0. The molecule has 7 heteroatoms. The van der Waals surface area contributed by atoms with E-state index < -0.39 is 16.1 Å². The van der Waals surface area contributed by atoms with Gasteiger partial charge >= 0.3 is 0 Å². The van der Waals surface area contributed by atoms with Crippen molar-refractivity contribution in [2.24, 2.45) is 5.41 Å². The monoisotopic (exact) mass is 315 g/mol. The van der Waals surface area contributed by atoms with Crippen LogP contribution in [0.3, 0.4) is 0 Å². The van der Waals surface area contributed by atoms with E-state index in [0.717, 1.165) is 0 Å². The fourth-order valence-electron chi connectivity index (χ4n) is 1.99. The minimum Gasteiger partial charge on any atom is -0.397 e. The molecule has 0 aromatic heterocycles. The molecule has 0 heterocycles. The molecule has 0 bridgehead atoms. The number of sulfonamides is 1. The highest BCUT2D eigenvalue weighted by atomic mass is 32.2. The van der Waals surface area contributed by atoms with E-state index in [1.165, 1.54) is 19.2 Å². The molecule has 0 saturated heterocycles. The lowest BCUT2D eigenvalue weighted by Crippen LogP contribution is -2.25. The summed E-state index contributed by atoms with van der Waals surface area (Å²) in [5.74, 6) is 0. The van der Waals surface area contributed by atoms with Gasteiger partial charge in [-0.05, 0) is 37.1 Å². The van der Waals surface area contributed by atoms with E-state index in [4.69, 9.17) is 5.73 Å². The predicted octanol–water partition coefficient (Wildman–Crippen LogP) is 1.39. The van der Waals surface area contributed by atoms with E-state index >= 15 is 0 Å². The Morgan fingerprint density at radius 3 is 2.43 bits per heavy atom. The minimum atomic E-state index is -3.50. The van der Waals surface area contributed by atoms with Gasteiger partial charge in [-0.3, -0.25) is 0 Å². The first kappa shape index (κ1) is 17.7. The summed E-state index contributed by atoms with van der Waals surface area (Å²) < 4.78 is 25.6. The van der Waals surface area contributed by atoms with Crippen molar-refractivity contribution in [3.63, 3.8) is 0 Å². The number of benzene rings is 1. The highest BCUT2D eigenvalue weighted by Crippen LogP contribution is 2.24. The molecule has 0 aliphatic heterocycles. The van der Waals surface area contributed by atoms with Crippen LogP contribution in [-0.4, -0.2) is 33.2 Å². The smallest absolute Gasteiger partial charge is 0.240 e. The third-order valence-electron chi connectivity index (χ3n) is 2.98. The standard InChI is InChI=1S/C14H25N3O3S/c1-14(2,3)8-10(18)9-17-13-6-5-11(7-12(13)15)21(19,20)16-4/h5-7,10,16-18H,8-9,15H2,1-4H3. The lowest BCUT2D eigenvalue weighted by Gasteiger charge is -2.23. The van der Waals surface area contributed by atoms with Crippen LogP contribution in [0.15, 0.2) is 23.1 Å². The molecule has 120 valence electrons. The van der Waals surface area contributed by atoms with Gasteiger partial charge in [0, 0.05) is 6.54 Å². The summed E-state index contributed by atoms with van der Waals surface area (Å²) in [5.41, 5.74) is 6.83. The average molecular weight is 315 g/mol. The summed E-state index contributed by atoms with van der Waals surface area (Å²) in [7, 11) is -2.15. The number of nitrogen functional groups attached to an aromatic ring is 1. The second kappa shape index (κ2) is 6.64. The van der Waals surface area contributed by atoms with Crippen molar-refractivity contribution in [1.29, 1.82) is 0 Å². The zero-order valence-corrected chi connectivity index (χ0v) is 13.8. The first-order valence-electron chi connectivity index (χ1n) is 6.80. The zero-order chi connectivity index (χ0) is 16.3. The van der Waals surface area contributed by atoms with E-state index in [1.54, 1.807) is 6.07 Å². The molecule has 0 saturated carbocycles. The topological polar surface area (TPSA) is 104 Å². The normalized spacial score (nSPS) is 14.0. The summed E-state index contributed by atoms with van der Waals surface area (Å²) in [6, 6.07) is 4.47. The van der Waals surface area contributed by atoms with E-state index in [2.05, 4.69) is 30.8 Å². The SMILES string of the molecule is CNS(=O)(=O)c1ccc(NCC(O)CC(C)(C)C)c(N)c1. The molecule has 1 unspecified atom stereocenters. The van der Waals surface area contributed by atoms with Crippen molar-refractivity contribution in [1.82, 2.24) is 4.72 Å². The molecular weight excluding hydrogens is 290 g/mol. The Labute approximate surface area is 126 Å². The first-order chi connectivity index (χ1) is 9.55. The Morgan fingerprint density at radius 1 is 1.33 bits per heavy atom. The quantitative estimate of drug-likeness (QED) is 0.594. The lowest BCUT2D eigenvalue weighted by molar-refractivity contribution is 0.132. The summed E-state index contributed by atoms with van der Waals surface area (Å²) >= 11 is 0. The summed E-state index contributed by atoms with van der Waals surface area (Å²) in [6.45, 7) is 6.53. The van der Waals surface area contributed by atoms with Crippen LogP contribution >= 0.6 is 0 Å². The number of hydrogen-bond donors (Lipinski definition) is 4. The van der Waals surface area contributed by atoms with E-state index in [1.807, 2.05) is 0 Å². The molecule has 5 N–H and O–H groups in total. The maximum atomic E-state index is 11.7. The molecule has 0 amide bonds. The molecule has 1 rings (SSSR count). The molecule has 6 nitrogen and oxygen atoms in total. The number of aliphatic hydroxyl groups excluding tert-OH is 1. The number of anilines is 2. The summed E-state index contributed by atoms with van der Waals surface area (Å²) in [6.07, 6.45) is 0.164. The van der Waals surface area contributed by atoms with E-state index in [-0.39, 0.29) is 10.3 Å². The molecule has 0 aliphatic rings. The maximum Gasteiger partial charge on any atom is 0.240 e. The van der Waals surface area contributed by atoms with Gasteiger partial charge < -0.3 is 16.2 Å². The Kier molecular flexibility index (Phi) is 5.61. The number of nitrogens with two attached hydrogens (primary N) is 1. The van der Waals surface area contributed by atoms with Gasteiger partial charge in [-0.2, -0.15) is 0 Å². The van der Waals surface area contributed by atoms with Gasteiger partial charge in [0.1, 0.15) is 0 Å². The highest BCUT2D eigenvalue weighted by Gasteiger charge is 2.17. The molecule has 0 radical (unpaired) electrons. The van der Waals surface area contributed by atoms with Crippen molar-refractivity contribution in [3.8, 4) is 0 Å². The molecular formula is C14H25N3O3S. The molecule has 1 aromatic rings. The largest absolute Gasteiger partial charge is 0.397 e. The van der Waals surface area contributed by atoms with Crippen LogP contribution in [0.1, 0.15) is 27.2 Å². The van der Waals surface area contributed by atoms with Crippen molar-refractivity contribution in [2.75, 3.05) is 24.6 Å². The molecule has 0 fully saturated rings. The van der Waals surface area contributed by atoms with E-state index in [9.17, 15) is 13.5 Å². The fourth-order valence-corrected chi connectivity index (χ4v) is 2.76. The summed E-state index contributed by atoms with van der Waals surface area (Å²) in [4.78, 5) is 0.114. The van der Waals surface area contributed by atoms with Gasteiger partial charge in [0.15, 0.2) is 0 Å². The second-order valence-electron chi connectivity index (χ2n) is 6.26. The third kappa shape index (κ3) is 5.53. The van der Waals surface area contributed by atoms with Crippen molar-refractivity contribution < 1.29 is 13.5 Å². The fraction of sp³-hybridized carbons (Fsp3) is 0.571. The van der Waals surface area contributed by atoms with Crippen molar-refractivity contribution >= 4 is 21.4 Å². The van der Waals surface area contributed by atoms with Crippen LogP contribution in [0, 0.1) is 5.41 Å². The maximum absolute atomic E-state index is 11.7. The van der Waals surface area contributed by atoms with Crippen LogP contribution in [0.2, 0.25) is 0 Å². The Morgan fingerprint density at radius 2 is 1.95 bits per heavy atom. The Balaban J connectivity index is 2.74. The van der Waals surface area contributed by atoms with Gasteiger partial charge in [-0.15, -0.1) is 0 Å². The Bertz CT molecular complexity index is 580. The number of nitrogens with one attached hydrogen (secondary N) is 2. The van der Waals surface area contributed by atoms with E-state index in [0.29, 0.717) is 24.3 Å². The van der Waals surface area contributed by atoms with Crippen molar-refractivity contribution in [2.45, 2.75) is 38.2 Å². The highest BCUT2D eigenvalue weighted by molar-refractivity contribution is 7.89. The molecule has 0 aliphatic carbocycles. The molecule has 0 spiro atoms. The van der Waals surface area contributed by atoms with Crippen molar-refractivity contribution in [3.05, 3.63) is 18.2 Å². The number of aliphatic hydroxyl groups is 1. The van der Waals surface area contributed by atoms with Gasteiger partial charge in [0.25, 0.3) is 0 Å². The zero-order valence-electron chi connectivity index (χ0n) is 13.0. The molecule has 1 aromatic carbocycles. The first-order valence-corrected chi connectivity index (χ1v) is 8.28. The van der Waals surface area contributed by atoms with Crippen LogP contribution in [0.25, 0.3) is 0 Å². The van der Waals surface area contributed by atoms with Gasteiger partial charge in [0.2, 0.25) is 10.0 Å². The lowest BCUT2D eigenvalue weighted by atomic mass is 9.89. The molecule has 1 atom stereocenters. The second-order valence-corrected chi connectivity index (χ2v) is 8.14. The van der Waals surface area contributed by atoms with Gasteiger partial charge in [-0.25, -0.2) is 13.1 Å². The third-order valence-corrected chi connectivity index (χ3v) is 4.39. The minimum absolute atomic E-state index is 0.0391. The van der Waals surface area contributed by atoms with Gasteiger partial charge in [-0.1, -0.05) is 20.8 Å². The van der Waals surface area contributed by atoms with Gasteiger partial charge in [0.05, 0.1) is 22.4 Å².